The number of hydrogen-bond donors (Lipinski definition) is 0. The lowest BCUT2D eigenvalue weighted by molar-refractivity contribution is -0.143. The average Bonchev–Trinajstić information content (AvgIpc) is 3.15. The molecule has 1 amide bonds. The first kappa shape index (κ1) is 23.5. The Morgan fingerprint density at radius 3 is 2.58 bits per heavy atom. The molecule has 0 bridgehead atoms. The van der Waals surface area contributed by atoms with Crippen molar-refractivity contribution >= 4 is 28.8 Å². The first-order valence-corrected chi connectivity index (χ1v) is 12.0. The van der Waals surface area contributed by atoms with Crippen molar-refractivity contribution < 1.29 is 18.7 Å². The maximum absolute atomic E-state index is 15.0. The van der Waals surface area contributed by atoms with Gasteiger partial charge in [-0.15, -0.1) is 0 Å². The Balaban J connectivity index is 1.68. The highest BCUT2D eigenvalue weighted by atomic mass is 32.2. The number of rotatable bonds is 5. The van der Waals surface area contributed by atoms with Crippen molar-refractivity contribution in [2.75, 3.05) is 33.2 Å². The third-order valence-electron chi connectivity index (χ3n) is 5.95. The van der Waals surface area contributed by atoms with Crippen molar-refractivity contribution in [2.45, 2.75) is 39.3 Å². The van der Waals surface area contributed by atoms with E-state index in [1.807, 2.05) is 22.3 Å². The molecule has 0 N–H and O–H groups in total. The van der Waals surface area contributed by atoms with Crippen molar-refractivity contribution in [1.82, 2.24) is 14.7 Å². The van der Waals surface area contributed by atoms with Crippen LogP contribution in [0.4, 0.5) is 4.39 Å². The second kappa shape index (κ2) is 9.69. The number of hydrogen-bond acceptors (Lipinski definition) is 7. The van der Waals surface area contributed by atoms with Gasteiger partial charge in [0.15, 0.2) is 5.17 Å². The van der Waals surface area contributed by atoms with Crippen molar-refractivity contribution in [3.63, 3.8) is 0 Å². The minimum absolute atomic E-state index is 0.0149. The second-order valence-corrected chi connectivity index (χ2v) is 9.57. The highest BCUT2D eigenvalue weighted by molar-refractivity contribution is 8.16. The van der Waals surface area contributed by atoms with E-state index in [1.54, 1.807) is 39.0 Å². The second-order valence-electron chi connectivity index (χ2n) is 8.73. The molecule has 3 heterocycles. The highest BCUT2D eigenvalue weighted by Gasteiger charge is 2.42. The van der Waals surface area contributed by atoms with E-state index in [1.165, 1.54) is 17.8 Å². The lowest BCUT2D eigenvalue weighted by Gasteiger charge is -2.37. The predicted molar refractivity (Wildman–Crippen MR) is 127 cm³/mol. The van der Waals surface area contributed by atoms with Crippen LogP contribution in [0, 0.1) is 5.82 Å². The molecule has 3 aliphatic rings. The average molecular weight is 473 g/mol. The maximum atomic E-state index is 15.0. The zero-order valence-corrected chi connectivity index (χ0v) is 20.2. The lowest BCUT2D eigenvalue weighted by Crippen LogP contribution is -2.47. The molecule has 1 fully saturated rings. The van der Waals surface area contributed by atoms with E-state index in [4.69, 9.17) is 4.74 Å². The number of aliphatic imine (C=N–C) groups is 1. The summed E-state index contributed by atoms with van der Waals surface area (Å²) in [7, 11) is 2.04. The van der Waals surface area contributed by atoms with Crippen LogP contribution in [0.2, 0.25) is 0 Å². The predicted octanol–water partition coefficient (Wildman–Crippen LogP) is 3.52. The van der Waals surface area contributed by atoms with Gasteiger partial charge in [-0.3, -0.25) is 4.79 Å². The molecule has 1 aromatic carbocycles. The molecule has 0 radical (unpaired) electrons. The van der Waals surface area contributed by atoms with Crippen LogP contribution >= 0.6 is 11.8 Å². The first-order chi connectivity index (χ1) is 15.8. The van der Waals surface area contributed by atoms with Gasteiger partial charge in [0, 0.05) is 37.4 Å². The fraction of sp³-hybridized carbons (Fsp3) is 0.458. The van der Waals surface area contributed by atoms with E-state index in [0.29, 0.717) is 35.2 Å². The van der Waals surface area contributed by atoms with Gasteiger partial charge in [-0.25, -0.2) is 14.2 Å². The van der Waals surface area contributed by atoms with Gasteiger partial charge in [-0.05, 0) is 39.3 Å². The van der Waals surface area contributed by atoms with Crippen molar-refractivity contribution in [3.05, 3.63) is 58.0 Å². The Hall–Kier alpha value is -2.65. The lowest BCUT2D eigenvalue weighted by atomic mass is 9.93. The molecule has 1 atom stereocenters. The summed E-state index contributed by atoms with van der Waals surface area (Å²) in [5.74, 6) is -0.936. The number of benzene rings is 1. The number of amides is 1. The maximum Gasteiger partial charge on any atom is 0.338 e. The molecule has 4 rings (SSSR count). The normalized spacial score (nSPS) is 21.2. The molecule has 176 valence electrons. The highest BCUT2D eigenvalue weighted by Crippen LogP contribution is 2.45. The van der Waals surface area contributed by atoms with Gasteiger partial charge in [-0.1, -0.05) is 30.0 Å². The fourth-order valence-electron chi connectivity index (χ4n) is 4.22. The van der Waals surface area contributed by atoms with Gasteiger partial charge in [0.1, 0.15) is 5.82 Å². The Bertz CT molecular complexity index is 1040. The summed E-state index contributed by atoms with van der Waals surface area (Å²) in [6, 6.07) is 5.65. The Morgan fingerprint density at radius 1 is 1.21 bits per heavy atom. The van der Waals surface area contributed by atoms with Crippen LogP contribution in [0.25, 0.3) is 0 Å². The van der Waals surface area contributed by atoms with E-state index in [9.17, 15) is 9.59 Å². The number of amidine groups is 1. The molecular weight excluding hydrogens is 443 g/mol. The summed E-state index contributed by atoms with van der Waals surface area (Å²) in [5.41, 5.74) is 1.84. The number of nitrogens with zero attached hydrogens (tertiary/aromatic N) is 4. The monoisotopic (exact) mass is 472 g/mol. The van der Waals surface area contributed by atoms with Crippen LogP contribution in [0.15, 0.2) is 51.6 Å². The summed E-state index contributed by atoms with van der Waals surface area (Å²) in [6.45, 7) is 8.31. The Labute approximate surface area is 198 Å². The van der Waals surface area contributed by atoms with Gasteiger partial charge in [0.25, 0.3) is 0 Å². The SMILES string of the molecule is CC1=C(C(=O)OC(C)C)[C@H](c2ccccc2F)N2C(CC(=O)N3CCN(C)CC3)=CSC2=N1. The van der Waals surface area contributed by atoms with Crippen LogP contribution in [-0.2, 0) is 14.3 Å². The standard InChI is InChI=1S/C24H29FN4O3S/c1-15(2)32-23(31)21-16(3)26-24-29(22(21)18-7-5-6-8-19(18)25)17(14-33-24)13-20(30)28-11-9-27(4)10-12-28/h5-8,14-15,22H,9-13H2,1-4H3/t22-/m0/s1. The van der Waals surface area contributed by atoms with E-state index >= 15 is 4.39 Å². The van der Waals surface area contributed by atoms with Crippen LogP contribution in [0.3, 0.4) is 0 Å². The quantitative estimate of drug-likeness (QED) is 0.611. The molecule has 0 aliphatic carbocycles. The zero-order chi connectivity index (χ0) is 23.7. The number of ether oxygens (including phenoxy) is 1. The number of fused-ring (bicyclic) bond motifs is 1. The third kappa shape index (κ3) is 4.84. The molecule has 33 heavy (non-hydrogen) atoms. The number of allylic oxidation sites excluding steroid dienone is 1. The number of likely N-dealkylation sites (N-methyl/N-ethyl adjacent to an activating group) is 1. The van der Waals surface area contributed by atoms with E-state index in [2.05, 4.69) is 9.89 Å². The zero-order valence-electron chi connectivity index (χ0n) is 19.4. The van der Waals surface area contributed by atoms with Crippen LogP contribution in [0.5, 0.6) is 0 Å². The first-order valence-electron chi connectivity index (χ1n) is 11.1. The topological polar surface area (TPSA) is 65.5 Å². The largest absolute Gasteiger partial charge is 0.459 e. The van der Waals surface area contributed by atoms with E-state index in [0.717, 1.165) is 13.1 Å². The van der Waals surface area contributed by atoms with Crippen LogP contribution in [0.1, 0.15) is 38.8 Å². The van der Waals surface area contributed by atoms with Crippen molar-refractivity contribution in [1.29, 1.82) is 0 Å². The van der Waals surface area contributed by atoms with E-state index < -0.39 is 17.8 Å². The van der Waals surface area contributed by atoms with Gasteiger partial charge >= 0.3 is 5.97 Å². The summed E-state index contributed by atoms with van der Waals surface area (Å²) in [5, 5.41) is 2.51. The molecule has 1 aromatic rings. The third-order valence-corrected chi connectivity index (χ3v) is 6.84. The van der Waals surface area contributed by atoms with Gasteiger partial charge in [-0.2, -0.15) is 0 Å². The number of halogens is 1. The molecule has 1 saturated heterocycles. The Morgan fingerprint density at radius 2 is 1.91 bits per heavy atom. The minimum Gasteiger partial charge on any atom is -0.459 e. The van der Waals surface area contributed by atoms with Gasteiger partial charge in [0.2, 0.25) is 5.91 Å². The fourth-order valence-corrected chi connectivity index (χ4v) is 5.19. The molecule has 3 aliphatic heterocycles. The van der Waals surface area contributed by atoms with Crippen molar-refractivity contribution in [3.8, 4) is 0 Å². The molecule has 9 heteroatoms. The number of esters is 1. The number of thioether (sulfide) groups is 1. The number of carbonyl (C=O) groups excluding carboxylic acids is 2. The smallest absolute Gasteiger partial charge is 0.338 e. The van der Waals surface area contributed by atoms with Gasteiger partial charge in [0.05, 0.1) is 29.8 Å². The summed E-state index contributed by atoms with van der Waals surface area (Å²) in [4.78, 5) is 36.7. The Kier molecular flexibility index (Phi) is 6.90. The molecule has 0 spiro atoms. The van der Waals surface area contributed by atoms with E-state index in [-0.39, 0.29) is 24.0 Å². The van der Waals surface area contributed by atoms with Crippen molar-refractivity contribution in [2.24, 2.45) is 4.99 Å². The number of carbonyl (C=O) groups is 2. The van der Waals surface area contributed by atoms with Crippen LogP contribution in [-0.4, -0.2) is 71.1 Å². The molecule has 0 aromatic heterocycles. The summed E-state index contributed by atoms with van der Waals surface area (Å²) < 4.78 is 20.5. The molecule has 7 nitrogen and oxygen atoms in total. The number of piperazine rings is 1. The minimum atomic E-state index is -0.758. The van der Waals surface area contributed by atoms with Gasteiger partial charge < -0.3 is 19.4 Å². The van der Waals surface area contributed by atoms with Crippen LogP contribution < -0.4 is 0 Å². The molecular formula is C24H29FN4O3S. The molecule has 0 unspecified atom stereocenters. The summed E-state index contributed by atoms with van der Waals surface area (Å²) in [6.07, 6.45) is -0.169. The molecule has 0 saturated carbocycles. The summed E-state index contributed by atoms with van der Waals surface area (Å²) >= 11 is 1.39.